The molecule has 0 bridgehead atoms. The molecular weight excluding hydrogens is 312 g/mol. The van der Waals surface area contributed by atoms with Crippen molar-refractivity contribution in [1.82, 2.24) is 0 Å². The Balaban J connectivity index is 4.19. The Kier molecular flexibility index (Phi) is 10.8. The molecule has 1 N–H and O–H groups in total. The SMILES string of the molecule is CC(=CCO)CCC=C(C)CCC=C(C)CO[Si](C)(C)C(C)(C)C. The van der Waals surface area contributed by atoms with Crippen LogP contribution in [0.5, 0.6) is 0 Å². The van der Waals surface area contributed by atoms with Crippen LogP contribution in [-0.2, 0) is 4.43 Å². The fraction of sp³-hybridized carbons (Fsp3) is 0.714. The zero-order valence-corrected chi connectivity index (χ0v) is 18.3. The zero-order valence-electron chi connectivity index (χ0n) is 17.3. The lowest BCUT2D eigenvalue weighted by Crippen LogP contribution is -2.41. The highest BCUT2D eigenvalue weighted by molar-refractivity contribution is 6.74. The molecule has 0 aliphatic heterocycles. The molecule has 140 valence electrons. The Morgan fingerprint density at radius 1 is 0.875 bits per heavy atom. The largest absolute Gasteiger partial charge is 0.413 e. The molecule has 0 unspecified atom stereocenters. The van der Waals surface area contributed by atoms with E-state index in [-0.39, 0.29) is 11.6 Å². The van der Waals surface area contributed by atoms with Gasteiger partial charge in [0.2, 0.25) is 0 Å². The number of hydrogen-bond acceptors (Lipinski definition) is 2. The Labute approximate surface area is 151 Å². The van der Waals surface area contributed by atoms with E-state index in [1.807, 2.05) is 6.08 Å². The van der Waals surface area contributed by atoms with Crippen molar-refractivity contribution < 1.29 is 9.53 Å². The Hall–Kier alpha value is -0.643. The minimum Gasteiger partial charge on any atom is -0.413 e. The third kappa shape index (κ3) is 10.3. The van der Waals surface area contributed by atoms with Gasteiger partial charge in [0.25, 0.3) is 0 Å². The lowest BCUT2D eigenvalue weighted by atomic mass is 10.1. The molecule has 0 heterocycles. The molecule has 0 aliphatic carbocycles. The molecule has 0 amide bonds. The average molecular weight is 353 g/mol. The van der Waals surface area contributed by atoms with Gasteiger partial charge in [0.05, 0.1) is 13.2 Å². The van der Waals surface area contributed by atoms with Gasteiger partial charge in [-0.1, -0.05) is 55.7 Å². The van der Waals surface area contributed by atoms with Crippen LogP contribution >= 0.6 is 0 Å². The van der Waals surface area contributed by atoms with Crippen molar-refractivity contribution in [2.75, 3.05) is 13.2 Å². The molecule has 0 fully saturated rings. The van der Waals surface area contributed by atoms with E-state index in [1.165, 1.54) is 16.7 Å². The summed E-state index contributed by atoms with van der Waals surface area (Å²) in [5.74, 6) is 0. The summed E-state index contributed by atoms with van der Waals surface area (Å²) >= 11 is 0. The van der Waals surface area contributed by atoms with E-state index >= 15 is 0 Å². The summed E-state index contributed by atoms with van der Waals surface area (Å²) in [6, 6.07) is 0. The van der Waals surface area contributed by atoms with Gasteiger partial charge in [-0.05, 0) is 64.6 Å². The lowest BCUT2D eigenvalue weighted by molar-refractivity contribution is 0.318. The van der Waals surface area contributed by atoms with Crippen molar-refractivity contribution in [1.29, 1.82) is 0 Å². The molecule has 0 saturated carbocycles. The molecule has 0 aromatic heterocycles. The predicted molar refractivity (Wildman–Crippen MR) is 110 cm³/mol. The van der Waals surface area contributed by atoms with Crippen molar-refractivity contribution in [2.24, 2.45) is 0 Å². The number of rotatable bonds is 10. The third-order valence-corrected chi connectivity index (χ3v) is 9.45. The monoisotopic (exact) mass is 352 g/mol. The van der Waals surface area contributed by atoms with Crippen molar-refractivity contribution >= 4 is 8.32 Å². The van der Waals surface area contributed by atoms with E-state index in [4.69, 9.17) is 9.53 Å². The van der Waals surface area contributed by atoms with Gasteiger partial charge in [0.15, 0.2) is 8.32 Å². The van der Waals surface area contributed by atoms with Crippen LogP contribution in [0.1, 0.15) is 67.2 Å². The molecular formula is C21H40O2Si. The smallest absolute Gasteiger partial charge is 0.192 e. The average Bonchev–Trinajstić information content (AvgIpc) is 2.44. The topological polar surface area (TPSA) is 29.5 Å². The van der Waals surface area contributed by atoms with Crippen LogP contribution < -0.4 is 0 Å². The maximum absolute atomic E-state index is 8.85. The minimum atomic E-state index is -1.64. The first-order chi connectivity index (χ1) is 11.0. The quantitative estimate of drug-likeness (QED) is 0.364. The third-order valence-electron chi connectivity index (χ3n) is 4.97. The second-order valence-electron chi connectivity index (χ2n) is 8.46. The molecule has 2 nitrogen and oxygen atoms in total. The van der Waals surface area contributed by atoms with Gasteiger partial charge in [-0.15, -0.1) is 0 Å². The second kappa shape index (κ2) is 11.1. The highest BCUT2D eigenvalue weighted by Crippen LogP contribution is 2.36. The van der Waals surface area contributed by atoms with Crippen LogP contribution in [0.25, 0.3) is 0 Å². The molecule has 0 aliphatic rings. The van der Waals surface area contributed by atoms with Gasteiger partial charge in [-0.3, -0.25) is 0 Å². The van der Waals surface area contributed by atoms with E-state index in [0.717, 1.165) is 32.3 Å². The summed E-state index contributed by atoms with van der Waals surface area (Å²) in [7, 11) is -1.64. The van der Waals surface area contributed by atoms with Gasteiger partial charge in [-0.2, -0.15) is 0 Å². The van der Waals surface area contributed by atoms with E-state index < -0.39 is 8.32 Å². The summed E-state index contributed by atoms with van der Waals surface area (Å²) in [5.41, 5.74) is 4.05. The maximum atomic E-state index is 8.85. The van der Waals surface area contributed by atoms with Gasteiger partial charge >= 0.3 is 0 Å². The van der Waals surface area contributed by atoms with Crippen LogP contribution in [0.4, 0.5) is 0 Å². The first-order valence-corrected chi connectivity index (χ1v) is 12.1. The lowest BCUT2D eigenvalue weighted by Gasteiger charge is -2.36. The molecule has 24 heavy (non-hydrogen) atoms. The zero-order chi connectivity index (χ0) is 18.8. The highest BCUT2D eigenvalue weighted by Gasteiger charge is 2.36. The Bertz CT molecular complexity index is 451. The van der Waals surface area contributed by atoms with Crippen molar-refractivity contribution in [2.45, 2.75) is 85.4 Å². The molecule has 0 aromatic rings. The van der Waals surface area contributed by atoms with E-state index in [2.05, 4.69) is 66.8 Å². The van der Waals surface area contributed by atoms with Crippen LogP contribution in [0.2, 0.25) is 18.1 Å². The fourth-order valence-electron chi connectivity index (χ4n) is 2.02. The normalized spacial score (nSPS) is 15.1. The molecule has 3 heteroatoms. The molecule has 0 aromatic carbocycles. The number of hydrogen-bond donors (Lipinski definition) is 1. The van der Waals surface area contributed by atoms with E-state index in [0.29, 0.717) is 0 Å². The first kappa shape index (κ1) is 23.4. The first-order valence-electron chi connectivity index (χ1n) is 9.21. The van der Waals surface area contributed by atoms with Crippen LogP contribution in [0, 0.1) is 0 Å². The summed E-state index contributed by atoms with van der Waals surface area (Å²) in [6.07, 6.45) is 10.8. The summed E-state index contributed by atoms with van der Waals surface area (Å²) in [6.45, 7) is 18.8. The number of aliphatic hydroxyl groups is 1. The van der Waals surface area contributed by atoms with Gasteiger partial charge in [0, 0.05) is 0 Å². The molecule has 0 saturated heterocycles. The van der Waals surface area contributed by atoms with Crippen molar-refractivity contribution in [3.8, 4) is 0 Å². The minimum absolute atomic E-state index is 0.148. The summed E-state index contributed by atoms with van der Waals surface area (Å²) in [5, 5.41) is 9.12. The second-order valence-corrected chi connectivity index (χ2v) is 13.3. The van der Waals surface area contributed by atoms with E-state index in [9.17, 15) is 0 Å². The van der Waals surface area contributed by atoms with Crippen molar-refractivity contribution in [3.05, 3.63) is 34.9 Å². The van der Waals surface area contributed by atoms with Crippen LogP contribution in [0.15, 0.2) is 34.9 Å². The predicted octanol–water partition coefficient (Wildman–Crippen LogP) is 6.40. The van der Waals surface area contributed by atoms with Gasteiger partial charge in [-0.25, -0.2) is 0 Å². The maximum Gasteiger partial charge on any atom is 0.192 e. The fourth-order valence-corrected chi connectivity index (χ4v) is 3.04. The summed E-state index contributed by atoms with van der Waals surface area (Å²) in [4.78, 5) is 0. The van der Waals surface area contributed by atoms with Crippen LogP contribution in [0.3, 0.4) is 0 Å². The molecule has 0 radical (unpaired) electrons. The highest BCUT2D eigenvalue weighted by atomic mass is 28.4. The molecule has 0 rings (SSSR count). The van der Waals surface area contributed by atoms with Crippen molar-refractivity contribution in [3.63, 3.8) is 0 Å². The van der Waals surface area contributed by atoms with Crippen LogP contribution in [-0.4, -0.2) is 26.6 Å². The number of aliphatic hydroxyl groups excluding tert-OH is 1. The standard InChI is InChI=1S/C21H40O2Si/c1-18(11-9-13-19(2)15-16-22)12-10-14-20(3)17-23-24(7,8)21(4,5)6/h11,14-15,22H,9-10,12-13,16-17H2,1-8H3. The molecule has 0 spiro atoms. The van der Waals surface area contributed by atoms with Gasteiger partial charge < -0.3 is 9.53 Å². The summed E-state index contributed by atoms with van der Waals surface area (Å²) < 4.78 is 6.26. The molecule has 0 atom stereocenters. The van der Waals surface area contributed by atoms with E-state index in [1.54, 1.807) is 0 Å². The Morgan fingerprint density at radius 3 is 1.79 bits per heavy atom. The Morgan fingerprint density at radius 2 is 1.33 bits per heavy atom. The van der Waals surface area contributed by atoms with Gasteiger partial charge in [0.1, 0.15) is 0 Å². The number of allylic oxidation sites excluding steroid dienone is 4.